The molecule has 0 spiro atoms. The third-order valence-corrected chi connectivity index (χ3v) is 3.70. The molecule has 0 radical (unpaired) electrons. The Hall–Kier alpha value is -2.59. The molecule has 21 heavy (non-hydrogen) atoms. The van der Waals surface area contributed by atoms with Crippen molar-refractivity contribution < 1.29 is 0 Å². The SMILES string of the molecule is Clc1cccc(-c2nc[nH]c2-c2ccc3cn[nH]c3c2)c1. The van der Waals surface area contributed by atoms with E-state index in [-0.39, 0.29) is 0 Å². The van der Waals surface area contributed by atoms with E-state index in [0.29, 0.717) is 5.02 Å². The minimum absolute atomic E-state index is 0.700. The zero-order chi connectivity index (χ0) is 14.2. The number of hydrogen-bond acceptors (Lipinski definition) is 2. The van der Waals surface area contributed by atoms with Crippen molar-refractivity contribution in [3.05, 3.63) is 60.0 Å². The van der Waals surface area contributed by atoms with Gasteiger partial charge in [-0.1, -0.05) is 35.9 Å². The smallest absolute Gasteiger partial charge is 0.0961 e. The van der Waals surface area contributed by atoms with Crippen molar-refractivity contribution in [3.8, 4) is 22.5 Å². The quantitative estimate of drug-likeness (QED) is 0.580. The third-order valence-electron chi connectivity index (χ3n) is 3.47. The molecule has 5 heteroatoms. The second-order valence-electron chi connectivity index (χ2n) is 4.81. The lowest BCUT2D eigenvalue weighted by molar-refractivity contribution is 1.12. The molecule has 102 valence electrons. The number of rotatable bonds is 2. The molecule has 0 amide bonds. The fourth-order valence-electron chi connectivity index (χ4n) is 2.46. The molecule has 2 aromatic heterocycles. The predicted molar refractivity (Wildman–Crippen MR) is 84.1 cm³/mol. The first kappa shape index (κ1) is 12.2. The first-order chi connectivity index (χ1) is 10.3. The highest BCUT2D eigenvalue weighted by Crippen LogP contribution is 2.31. The molecule has 0 aliphatic carbocycles. The molecule has 0 aliphatic heterocycles. The van der Waals surface area contributed by atoms with E-state index in [2.05, 4.69) is 32.3 Å². The van der Waals surface area contributed by atoms with Crippen molar-refractivity contribution in [2.75, 3.05) is 0 Å². The van der Waals surface area contributed by atoms with Crippen LogP contribution >= 0.6 is 11.6 Å². The minimum atomic E-state index is 0.700. The van der Waals surface area contributed by atoms with E-state index in [1.54, 1.807) is 6.33 Å². The number of imidazole rings is 1. The van der Waals surface area contributed by atoms with Gasteiger partial charge in [0.25, 0.3) is 0 Å². The Morgan fingerprint density at radius 2 is 1.95 bits per heavy atom. The number of fused-ring (bicyclic) bond motifs is 1. The van der Waals surface area contributed by atoms with Gasteiger partial charge in [-0.3, -0.25) is 5.10 Å². The van der Waals surface area contributed by atoms with Gasteiger partial charge in [0.05, 0.1) is 29.4 Å². The van der Waals surface area contributed by atoms with Gasteiger partial charge in [-0.25, -0.2) is 4.98 Å². The maximum absolute atomic E-state index is 6.07. The number of aromatic nitrogens is 4. The van der Waals surface area contributed by atoms with Crippen molar-refractivity contribution in [2.45, 2.75) is 0 Å². The summed E-state index contributed by atoms with van der Waals surface area (Å²) >= 11 is 6.07. The van der Waals surface area contributed by atoms with E-state index in [0.717, 1.165) is 33.4 Å². The standard InChI is InChI=1S/C16H11ClN4/c17-13-3-1-2-10(6-13)15-16(19-9-18-15)11-4-5-12-8-20-21-14(12)7-11/h1-9H,(H,18,19)(H,20,21). The van der Waals surface area contributed by atoms with Gasteiger partial charge in [-0.15, -0.1) is 0 Å². The van der Waals surface area contributed by atoms with Crippen LogP contribution in [0.3, 0.4) is 0 Å². The summed E-state index contributed by atoms with van der Waals surface area (Å²) in [5, 5.41) is 8.82. The summed E-state index contributed by atoms with van der Waals surface area (Å²) in [4.78, 5) is 7.64. The second-order valence-corrected chi connectivity index (χ2v) is 5.24. The molecule has 0 aliphatic rings. The van der Waals surface area contributed by atoms with Crippen molar-refractivity contribution in [2.24, 2.45) is 0 Å². The molecule has 2 heterocycles. The Labute approximate surface area is 125 Å². The molecule has 0 saturated carbocycles. The molecule has 4 nitrogen and oxygen atoms in total. The van der Waals surface area contributed by atoms with E-state index in [1.807, 2.05) is 36.5 Å². The topological polar surface area (TPSA) is 57.4 Å². The lowest BCUT2D eigenvalue weighted by Gasteiger charge is -2.04. The van der Waals surface area contributed by atoms with Crippen LogP contribution in [0.4, 0.5) is 0 Å². The van der Waals surface area contributed by atoms with Gasteiger partial charge in [0, 0.05) is 21.5 Å². The maximum atomic E-state index is 6.07. The van der Waals surface area contributed by atoms with Crippen LogP contribution in [0.2, 0.25) is 5.02 Å². The van der Waals surface area contributed by atoms with Gasteiger partial charge < -0.3 is 4.98 Å². The summed E-state index contributed by atoms with van der Waals surface area (Å²) in [6, 6.07) is 13.8. The van der Waals surface area contributed by atoms with E-state index in [1.165, 1.54) is 0 Å². The van der Waals surface area contributed by atoms with Crippen LogP contribution < -0.4 is 0 Å². The van der Waals surface area contributed by atoms with Crippen molar-refractivity contribution >= 4 is 22.5 Å². The summed E-state index contributed by atoms with van der Waals surface area (Å²) < 4.78 is 0. The predicted octanol–water partition coefficient (Wildman–Crippen LogP) is 4.27. The number of aromatic amines is 2. The fourth-order valence-corrected chi connectivity index (χ4v) is 2.65. The Balaban J connectivity index is 1.88. The second kappa shape index (κ2) is 4.75. The average Bonchev–Trinajstić information content (AvgIpc) is 3.15. The number of H-pyrrole nitrogens is 2. The van der Waals surface area contributed by atoms with Crippen LogP contribution in [0.25, 0.3) is 33.4 Å². The highest BCUT2D eigenvalue weighted by atomic mass is 35.5. The van der Waals surface area contributed by atoms with Gasteiger partial charge in [0.2, 0.25) is 0 Å². The van der Waals surface area contributed by atoms with Gasteiger partial charge in [-0.05, 0) is 18.2 Å². The maximum Gasteiger partial charge on any atom is 0.0961 e. The summed E-state index contributed by atoms with van der Waals surface area (Å²) in [6.07, 6.45) is 3.51. The Morgan fingerprint density at radius 3 is 2.86 bits per heavy atom. The molecular formula is C16H11ClN4. The molecule has 2 N–H and O–H groups in total. The van der Waals surface area contributed by atoms with E-state index >= 15 is 0 Å². The number of halogens is 1. The Morgan fingerprint density at radius 1 is 1.00 bits per heavy atom. The van der Waals surface area contributed by atoms with Crippen molar-refractivity contribution in [1.29, 1.82) is 0 Å². The first-order valence-electron chi connectivity index (χ1n) is 6.54. The summed E-state index contributed by atoms with van der Waals surface area (Å²) in [6.45, 7) is 0. The monoisotopic (exact) mass is 294 g/mol. The molecule has 4 rings (SSSR count). The van der Waals surface area contributed by atoms with Crippen LogP contribution in [0, 0.1) is 0 Å². The van der Waals surface area contributed by atoms with Crippen LogP contribution in [-0.4, -0.2) is 20.2 Å². The molecule has 0 unspecified atom stereocenters. The number of hydrogen-bond donors (Lipinski definition) is 2. The van der Waals surface area contributed by atoms with E-state index < -0.39 is 0 Å². The Bertz CT molecular complexity index is 923. The van der Waals surface area contributed by atoms with Crippen molar-refractivity contribution in [1.82, 2.24) is 20.2 Å². The number of nitrogens with one attached hydrogen (secondary N) is 2. The van der Waals surface area contributed by atoms with Gasteiger partial charge in [-0.2, -0.15) is 5.10 Å². The number of benzene rings is 2. The average molecular weight is 295 g/mol. The van der Waals surface area contributed by atoms with Gasteiger partial charge in [0.1, 0.15) is 0 Å². The zero-order valence-corrected chi connectivity index (χ0v) is 11.7. The largest absolute Gasteiger partial charge is 0.344 e. The molecule has 0 atom stereocenters. The third kappa shape index (κ3) is 2.10. The molecule has 0 bridgehead atoms. The molecule has 0 fully saturated rings. The summed E-state index contributed by atoms with van der Waals surface area (Å²) in [5.74, 6) is 0. The molecule has 2 aromatic carbocycles. The zero-order valence-electron chi connectivity index (χ0n) is 11.0. The molecule has 4 aromatic rings. The molecule has 0 saturated heterocycles. The summed E-state index contributed by atoms with van der Waals surface area (Å²) in [7, 11) is 0. The summed E-state index contributed by atoms with van der Waals surface area (Å²) in [5.41, 5.74) is 4.90. The van der Waals surface area contributed by atoms with Crippen LogP contribution in [0.5, 0.6) is 0 Å². The van der Waals surface area contributed by atoms with Gasteiger partial charge in [0.15, 0.2) is 0 Å². The van der Waals surface area contributed by atoms with E-state index in [9.17, 15) is 0 Å². The lowest BCUT2D eigenvalue weighted by atomic mass is 10.0. The van der Waals surface area contributed by atoms with Crippen LogP contribution in [-0.2, 0) is 0 Å². The minimum Gasteiger partial charge on any atom is -0.344 e. The van der Waals surface area contributed by atoms with Crippen molar-refractivity contribution in [3.63, 3.8) is 0 Å². The van der Waals surface area contributed by atoms with Crippen LogP contribution in [0.1, 0.15) is 0 Å². The van der Waals surface area contributed by atoms with Crippen LogP contribution in [0.15, 0.2) is 55.0 Å². The van der Waals surface area contributed by atoms with E-state index in [4.69, 9.17) is 11.6 Å². The highest BCUT2D eigenvalue weighted by molar-refractivity contribution is 6.30. The van der Waals surface area contributed by atoms with Gasteiger partial charge >= 0.3 is 0 Å². The number of nitrogens with zero attached hydrogens (tertiary/aromatic N) is 2. The first-order valence-corrected chi connectivity index (χ1v) is 6.92. The Kier molecular flexibility index (Phi) is 2.75. The normalized spacial score (nSPS) is 11.1. The fraction of sp³-hybridized carbons (Fsp3) is 0. The molecular weight excluding hydrogens is 284 g/mol. The highest BCUT2D eigenvalue weighted by Gasteiger charge is 2.11. The lowest BCUT2D eigenvalue weighted by Crippen LogP contribution is -1.84.